The highest BCUT2D eigenvalue weighted by molar-refractivity contribution is 5.27. The largest absolute Gasteiger partial charge is 0.369 e. The minimum absolute atomic E-state index is 0.0440. The Morgan fingerprint density at radius 3 is 2.44 bits per heavy atom. The number of nitrogens with two attached hydrogens (primary N) is 1. The fourth-order valence-corrected chi connectivity index (χ4v) is 1.37. The molecule has 0 unspecified atom stereocenters. The van der Waals surface area contributed by atoms with Crippen LogP contribution in [0.4, 0.5) is 19.1 Å². The molecule has 0 aliphatic rings. The van der Waals surface area contributed by atoms with E-state index in [4.69, 9.17) is 5.73 Å². The van der Waals surface area contributed by atoms with Crippen molar-refractivity contribution >= 4 is 5.95 Å². The number of aromatic amines is 1. The number of halogens is 3. The summed E-state index contributed by atoms with van der Waals surface area (Å²) < 4.78 is 38.8. The van der Waals surface area contributed by atoms with Crippen LogP contribution in [0, 0.1) is 17.5 Å². The Hall–Kier alpha value is -1.98. The zero-order chi connectivity index (χ0) is 11.7. The van der Waals surface area contributed by atoms with Crippen molar-refractivity contribution in [1.82, 2.24) is 9.97 Å². The molecule has 0 saturated heterocycles. The maximum absolute atomic E-state index is 13.3. The van der Waals surface area contributed by atoms with Crippen LogP contribution in [-0.2, 0) is 6.42 Å². The molecule has 1 heterocycles. The second kappa shape index (κ2) is 3.88. The standard InChI is InChI=1S/C10H8F3N3/c11-7-3-9(13)8(12)2-5(7)1-6-4-15-10(14)16-6/h2-4H,1H2,(H3,14,15,16). The Kier molecular flexibility index (Phi) is 2.55. The first-order valence-electron chi connectivity index (χ1n) is 4.49. The number of hydrogen-bond donors (Lipinski definition) is 2. The third-order valence-electron chi connectivity index (χ3n) is 2.12. The first kappa shape index (κ1) is 10.5. The fraction of sp³-hybridized carbons (Fsp3) is 0.100. The lowest BCUT2D eigenvalue weighted by Crippen LogP contribution is -1.97. The molecule has 16 heavy (non-hydrogen) atoms. The molecule has 1 aromatic carbocycles. The highest BCUT2D eigenvalue weighted by atomic mass is 19.2. The van der Waals surface area contributed by atoms with Crippen molar-refractivity contribution < 1.29 is 13.2 Å². The van der Waals surface area contributed by atoms with Gasteiger partial charge in [-0.15, -0.1) is 0 Å². The monoisotopic (exact) mass is 227 g/mol. The first-order valence-corrected chi connectivity index (χ1v) is 4.49. The van der Waals surface area contributed by atoms with E-state index in [0.29, 0.717) is 11.8 Å². The quantitative estimate of drug-likeness (QED) is 0.771. The van der Waals surface area contributed by atoms with E-state index >= 15 is 0 Å². The van der Waals surface area contributed by atoms with E-state index in [9.17, 15) is 13.2 Å². The number of H-pyrrole nitrogens is 1. The van der Waals surface area contributed by atoms with Gasteiger partial charge in [0.2, 0.25) is 0 Å². The second-order valence-electron chi connectivity index (χ2n) is 3.33. The van der Waals surface area contributed by atoms with Crippen molar-refractivity contribution in [2.75, 3.05) is 5.73 Å². The molecule has 6 heteroatoms. The van der Waals surface area contributed by atoms with Gasteiger partial charge in [-0.3, -0.25) is 0 Å². The molecule has 84 valence electrons. The molecule has 3 N–H and O–H groups in total. The van der Waals surface area contributed by atoms with Gasteiger partial charge in [-0.25, -0.2) is 18.2 Å². The molecule has 0 atom stereocenters. The Bertz CT molecular complexity index is 522. The molecule has 1 aromatic heterocycles. The van der Waals surface area contributed by atoms with Crippen molar-refractivity contribution in [2.45, 2.75) is 6.42 Å². The predicted octanol–water partition coefficient (Wildman–Crippen LogP) is 2.00. The smallest absolute Gasteiger partial charge is 0.197 e. The van der Waals surface area contributed by atoms with Crippen LogP contribution in [0.25, 0.3) is 0 Å². The summed E-state index contributed by atoms with van der Waals surface area (Å²) in [5, 5.41) is 0. The summed E-state index contributed by atoms with van der Waals surface area (Å²) in [4.78, 5) is 6.38. The third kappa shape index (κ3) is 2.00. The number of rotatable bonds is 2. The molecular formula is C10H8F3N3. The summed E-state index contributed by atoms with van der Waals surface area (Å²) in [6.45, 7) is 0. The van der Waals surface area contributed by atoms with Gasteiger partial charge in [0.1, 0.15) is 5.82 Å². The molecule has 2 aromatic rings. The van der Waals surface area contributed by atoms with Crippen LogP contribution >= 0.6 is 0 Å². The minimum atomic E-state index is -1.20. The Balaban J connectivity index is 2.31. The Morgan fingerprint density at radius 2 is 1.81 bits per heavy atom. The molecule has 0 bridgehead atoms. The molecule has 0 radical (unpaired) electrons. The highest BCUT2D eigenvalue weighted by Gasteiger charge is 2.11. The van der Waals surface area contributed by atoms with E-state index in [1.54, 1.807) is 0 Å². The van der Waals surface area contributed by atoms with E-state index in [-0.39, 0.29) is 17.9 Å². The van der Waals surface area contributed by atoms with Crippen LogP contribution in [0.1, 0.15) is 11.3 Å². The molecule has 0 fully saturated rings. The fourth-order valence-electron chi connectivity index (χ4n) is 1.37. The van der Waals surface area contributed by atoms with E-state index in [0.717, 1.165) is 6.07 Å². The summed E-state index contributed by atoms with van der Waals surface area (Å²) in [5.74, 6) is -2.89. The summed E-state index contributed by atoms with van der Waals surface area (Å²) in [6.07, 6.45) is 1.49. The summed E-state index contributed by atoms with van der Waals surface area (Å²) in [6, 6.07) is 1.34. The van der Waals surface area contributed by atoms with Gasteiger partial charge in [0.05, 0.1) is 6.20 Å². The highest BCUT2D eigenvalue weighted by Crippen LogP contribution is 2.16. The maximum atomic E-state index is 13.3. The summed E-state index contributed by atoms with van der Waals surface area (Å²) in [5.41, 5.74) is 5.90. The molecule has 2 rings (SSSR count). The predicted molar refractivity (Wildman–Crippen MR) is 52.1 cm³/mol. The Morgan fingerprint density at radius 1 is 1.12 bits per heavy atom. The van der Waals surface area contributed by atoms with Crippen LogP contribution in [0.5, 0.6) is 0 Å². The SMILES string of the molecule is Nc1ncc(Cc2cc(F)c(F)cc2F)[nH]1. The van der Waals surface area contributed by atoms with Gasteiger partial charge in [0, 0.05) is 18.2 Å². The Labute approximate surface area is 89.1 Å². The molecule has 0 saturated carbocycles. The van der Waals surface area contributed by atoms with Gasteiger partial charge in [-0.2, -0.15) is 0 Å². The lowest BCUT2D eigenvalue weighted by molar-refractivity contribution is 0.491. The van der Waals surface area contributed by atoms with Gasteiger partial charge in [-0.05, 0) is 11.6 Å². The topological polar surface area (TPSA) is 54.7 Å². The van der Waals surface area contributed by atoms with Crippen molar-refractivity contribution in [3.63, 3.8) is 0 Å². The van der Waals surface area contributed by atoms with Crippen molar-refractivity contribution in [3.05, 3.63) is 47.0 Å². The van der Waals surface area contributed by atoms with Crippen LogP contribution in [0.2, 0.25) is 0 Å². The van der Waals surface area contributed by atoms with E-state index in [1.165, 1.54) is 6.20 Å². The molecule has 0 aliphatic carbocycles. The summed E-state index contributed by atoms with van der Waals surface area (Å²) in [7, 11) is 0. The first-order chi connectivity index (χ1) is 7.56. The molecule has 3 nitrogen and oxygen atoms in total. The number of nitrogens with one attached hydrogen (secondary N) is 1. The van der Waals surface area contributed by atoms with Crippen molar-refractivity contribution in [2.24, 2.45) is 0 Å². The normalized spacial score (nSPS) is 10.7. The molecular weight excluding hydrogens is 219 g/mol. The number of benzene rings is 1. The number of hydrogen-bond acceptors (Lipinski definition) is 2. The number of nitrogen functional groups attached to an aromatic ring is 1. The van der Waals surface area contributed by atoms with Crippen LogP contribution in [0.15, 0.2) is 18.3 Å². The lowest BCUT2D eigenvalue weighted by Gasteiger charge is -2.02. The zero-order valence-electron chi connectivity index (χ0n) is 8.10. The third-order valence-corrected chi connectivity index (χ3v) is 2.12. The van der Waals surface area contributed by atoms with Crippen molar-refractivity contribution in [1.29, 1.82) is 0 Å². The average Bonchev–Trinajstić information content (AvgIpc) is 2.60. The van der Waals surface area contributed by atoms with Crippen LogP contribution in [-0.4, -0.2) is 9.97 Å². The zero-order valence-corrected chi connectivity index (χ0v) is 8.10. The average molecular weight is 227 g/mol. The van der Waals surface area contributed by atoms with Crippen LogP contribution in [0.3, 0.4) is 0 Å². The van der Waals surface area contributed by atoms with Gasteiger partial charge in [0.15, 0.2) is 17.6 Å². The van der Waals surface area contributed by atoms with Crippen LogP contribution < -0.4 is 5.73 Å². The number of imidazole rings is 1. The van der Waals surface area contributed by atoms with E-state index in [1.807, 2.05) is 0 Å². The van der Waals surface area contributed by atoms with Gasteiger partial charge in [-0.1, -0.05) is 0 Å². The van der Waals surface area contributed by atoms with Gasteiger partial charge < -0.3 is 10.7 Å². The van der Waals surface area contributed by atoms with E-state index < -0.39 is 17.5 Å². The molecule has 0 aliphatic heterocycles. The second-order valence-corrected chi connectivity index (χ2v) is 3.33. The molecule has 0 amide bonds. The van der Waals surface area contributed by atoms with Gasteiger partial charge in [0.25, 0.3) is 0 Å². The maximum Gasteiger partial charge on any atom is 0.197 e. The summed E-state index contributed by atoms with van der Waals surface area (Å²) >= 11 is 0. The lowest BCUT2D eigenvalue weighted by atomic mass is 10.1. The number of anilines is 1. The number of aromatic nitrogens is 2. The van der Waals surface area contributed by atoms with Crippen molar-refractivity contribution in [3.8, 4) is 0 Å². The molecule has 0 spiro atoms. The van der Waals surface area contributed by atoms with E-state index in [2.05, 4.69) is 9.97 Å². The number of nitrogens with zero attached hydrogens (tertiary/aromatic N) is 1. The van der Waals surface area contributed by atoms with Gasteiger partial charge >= 0.3 is 0 Å². The minimum Gasteiger partial charge on any atom is -0.369 e.